The molecule has 2 aromatic heterocycles. The van der Waals surface area contributed by atoms with Crippen molar-refractivity contribution < 1.29 is 14.4 Å². The normalized spacial score (nSPS) is 15.5. The highest BCUT2D eigenvalue weighted by Crippen LogP contribution is 2.28. The van der Waals surface area contributed by atoms with Gasteiger partial charge in [0.05, 0.1) is 5.69 Å². The number of anilines is 2. The average molecular weight is 527 g/mol. The van der Waals surface area contributed by atoms with Crippen molar-refractivity contribution >= 4 is 40.1 Å². The minimum atomic E-state index is -0.974. The van der Waals surface area contributed by atoms with Crippen LogP contribution in [0, 0.1) is 0 Å². The lowest BCUT2D eigenvalue weighted by Gasteiger charge is -2.28. The number of carbonyl (C=O) groups excluding carboxylic acids is 3. The molecule has 3 heterocycles. The van der Waals surface area contributed by atoms with E-state index in [-0.39, 0.29) is 11.8 Å². The highest BCUT2D eigenvalue weighted by atomic mass is 32.1. The van der Waals surface area contributed by atoms with E-state index >= 15 is 0 Å². The van der Waals surface area contributed by atoms with E-state index in [4.69, 9.17) is 0 Å². The Kier molecular flexibility index (Phi) is 7.70. The minimum Gasteiger partial charge on any atom is -0.329 e. The van der Waals surface area contributed by atoms with Gasteiger partial charge in [-0.2, -0.15) is 0 Å². The number of thiazole rings is 1. The summed E-state index contributed by atoms with van der Waals surface area (Å²) in [6.07, 6.45) is 2.77. The first-order valence-corrected chi connectivity index (χ1v) is 13.1. The number of hydrogen-bond acceptors (Lipinski definition) is 6. The molecule has 5 rings (SSSR count). The molecule has 1 aliphatic heterocycles. The highest BCUT2D eigenvalue weighted by molar-refractivity contribution is 7.14. The summed E-state index contributed by atoms with van der Waals surface area (Å²) in [6, 6.07) is 21.6. The van der Waals surface area contributed by atoms with Gasteiger partial charge in [0.1, 0.15) is 17.9 Å². The number of carbonyl (C=O) groups is 3. The van der Waals surface area contributed by atoms with E-state index in [0.29, 0.717) is 35.9 Å². The molecule has 3 N–H and O–H groups in total. The quantitative estimate of drug-likeness (QED) is 0.323. The van der Waals surface area contributed by atoms with Crippen molar-refractivity contribution in [1.29, 1.82) is 0 Å². The third kappa shape index (κ3) is 5.87. The van der Waals surface area contributed by atoms with E-state index in [1.54, 1.807) is 53.6 Å². The fourth-order valence-electron chi connectivity index (χ4n) is 4.38. The Morgan fingerprint density at radius 1 is 0.921 bits per heavy atom. The first-order chi connectivity index (χ1) is 18.6. The molecule has 9 nitrogen and oxygen atoms in total. The van der Waals surface area contributed by atoms with Gasteiger partial charge in [0, 0.05) is 23.7 Å². The second-order valence-electron chi connectivity index (χ2n) is 8.74. The summed E-state index contributed by atoms with van der Waals surface area (Å²) in [4.78, 5) is 50.0. The van der Waals surface area contributed by atoms with Crippen LogP contribution in [0.5, 0.6) is 0 Å². The van der Waals surface area contributed by atoms with Crippen molar-refractivity contribution in [2.24, 2.45) is 0 Å². The molecule has 10 heteroatoms. The van der Waals surface area contributed by atoms with Gasteiger partial charge in [-0.15, -0.1) is 11.3 Å². The molecule has 0 unspecified atom stereocenters. The lowest BCUT2D eigenvalue weighted by Crippen LogP contribution is -2.49. The third-order valence-electron chi connectivity index (χ3n) is 6.20. The molecule has 192 valence electrons. The topological polar surface area (TPSA) is 116 Å². The van der Waals surface area contributed by atoms with Crippen LogP contribution >= 0.6 is 11.3 Å². The first-order valence-electron chi connectivity index (χ1n) is 12.2. The number of likely N-dealkylation sites (tertiary alicyclic amines) is 1. The standard InChI is InChI=1S/C28H26N6O3S/c35-25(33-28-30-21(18-38-28)19-10-3-1-4-11-19)22-14-9-17-34(22)26(36)24(20-12-5-2-6-13-20)32-27(37)31-23-15-7-8-16-29-23/h1-8,10-13,15-16,18,22,24H,9,14,17H2,(H,30,33,35)(H2,29,31,32,37)/t22-,24+/m0/s1. The van der Waals surface area contributed by atoms with E-state index < -0.39 is 18.1 Å². The molecule has 4 aromatic rings. The van der Waals surface area contributed by atoms with Crippen LogP contribution in [0.4, 0.5) is 15.7 Å². The smallest absolute Gasteiger partial charge is 0.321 e. The summed E-state index contributed by atoms with van der Waals surface area (Å²) in [7, 11) is 0. The Bertz CT molecular complexity index is 1400. The van der Waals surface area contributed by atoms with Gasteiger partial charge in [-0.3, -0.25) is 14.9 Å². The van der Waals surface area contributed by atoms with Crippen molar-refractivity contribution in [1.82, 2.24) is 20.2 Å². The fraction of sp³-hybridized carbons (Fsp3) is 0.179. The van der Waals surface area contributed by atoms with Crippen LogP contribution in [0.15, 0.2) is 90.4 Å². The van der Waals surface area contributed by atoms with E-state index in [9.17, 15) is 14.4 Å². The average Bonchev–Trinajstić information content (AvgIpc) is 3.63. The summed E-state index contributed by atoms with van der Waals surface area (Å²) in [5.41, 5.74) is 2.35. The molecule has 38 heavy (non-hydrogen) atoms. The Balaban J connectivity index is 1.30. The van der Waals surface area contributed by atoms with Gasteiger partial charge in [-0.1, -0.05) is 66.7 Å². The molecule has 0 bridgehead atoms. The van der Waals surface area contributed by atoms with Crippen molar-refractivity contribution in [3.05, 3.63) is 96.0 Å². The second kappa shape index (κ2) is 11.7. The molecule has 0 aliphatic carbocycles. The number of rotatable bonds is 7. The van der Waals surface area contributed by atoms with Gasteiger partial charge in [0.15, 0.2) is 5.13 Å². The summed E-state index contributed by atoms with van der Waals surface area (Å²) in [6.45, 7) is 0.414. The maximum atomic E-state index is 13.8. The van der Waals surface area contributed by atoms with E-state index in [1.807, 2.05) is 41.8 Å². The van der Waals surface area contributed by atoms with Gasteiger partial charge in [-0.25, -0.2) is 14.8 Å². The maximum absolute atomic E-state index is 13.8. The predicted octanol–water partition coefficient (Wildman–Crippen LogP) is 4.70. The molecule has 0 saturated carbocycles. The Labute approximate surface area is 223 Å². The zero-order valence-corrected chi connectivity index (χ0v) is 21.2. The van der Waals surface area contributed by atoms with Gasteiger partial charge in [0.2, 0.25) is 5.91 Å². The molecule has 0 radical (unpaired) electrons. The Morgan fingerprint density at radius 3 is 2.39 bits per heavy atom. The first kappa shape index (κ1) is 25.1. The molecular formula is C28H26N6O3S. The van der Waals surface area contributed by atoms with Crippen LogP contribution in [0.25, 0.3) is 11.3 Å². The van der Waals surface area contributed by atoms with Crippen LogP contribution in [-0.2, 0) is 9.59 Å². The molecule has 1 aliphatic rings. The lowest BCUT2D eigenvalue weighted by molar-refractivity contribution is -0.138. The van der Waals surface area contributed by atoms with Crippen LogP contribution in [0.3, 0.4) is 0 Å². The summed E-state index contributed by atoms with van der Waals surface area (Å²) >= 11 is 1.34. The van der Waals surface area contributed by atoms with Crippen LogP contribution in [0.1, 0.15) is 24.4 Å². The number of amides is 4. The molecule has 1 saturated heterocycles. The second-order valence-corrected chi connectivity index (χ2v) is 9.60. The summed E-state index contributed by atoms with van der Waals surface area (Å²) in [5, 5.41) is 10.7. The molecule has 2 atom stereocenters. The monoisotopic (exact) mass is 526 g/mol. The Hall–Kier alpha value is -4.57. The van der Waals surface area contributed by atoms with Gasteiger partial charge >= 0.3 is 6.03 Å². The Morgan fingerprint density at radius 2 is 1.66 bits per heavy atom. The van der Waals surface area contributed by atoms with E-state index in [2.05, 4.69) is 25.9 Å². The van der Waals surface area contributed by atoms with Gasteiger partial charge in [0.25, 0.3) is 5.91 Å². The van der Waals surface area contributed by atoms with Crippen LogP contribution < -0.4 is 16.0 Å². The number of urea groups is 1. The van der Waals surface area contributed by atoms with Gasteiger partial charge in [-0.05, 0) is 30.5 Å². The summed E-state index contributed by atoms with van der Waals surface area (Å²) < 4.78 is 0. The highest BCUT2D eigenvalue weighted by Gasteiger charge is 2.38. The van der Waals surface area contributed by atoms with Crippen LogP contribution in [0.2, 0.25) is 0 Å². The predicted molar refractivity (Wildman–Crippen MR) is 146 cm³/mol. The van der Waals surface area contributed by atoms with Gasteiger partial charge < -0.3 is 15.5 Å². The van der Waals surface area contributed by atoms with E-state index in [0.717, 1.165) is 11.3 Å². The zero-order valence-electron chi connectivity index (χ0n) is 20.4. The van der Waals surface area contributed by atoms with E-state index in [1.165, 1.54) is 11.3 Å². The maximum Gasteiger partial charge on any atom is 0.321 e. The molecule has 4 amide bonds. The third-order valence-corrected chi connectivity index (χ3v) is 6.96. The van der Waals surface area contributed by atoms with Crippen LogP contribution in [-0.4, -0.2) is 45.3 Å². The largest absolute Gasteiger partial charge is 0.329 e. The number of nitrogens with zero attached hydrogens (tertiary/aromatic N) is 3. The minimum absolute atomic E-state index is 0.297. The van der Waals surface area contributed by atoms with Crippen molar-refractivity contribution in [3.8, 4) is 11.3 Å². The molecular weight excluding hydrogens is 500 g/mol. The van der Waals surface area contributed by atoms with Crippen molar-refractivity contribution in [2.45, 2.75) is 24.9 Å². The number of hydrogen-bond donors (Lipinski definition) is 3. The number of nitrogens with one attached hydrogen (secondary N) is 3. The van der Waals surface area contributed by atoms with Crippen molar-refractivity contribution in [2.75, 3.05) is 17.2 Å². The number of aromatic nitrogens is 2. The fourth-order valence-corrected chi connectivity index (χ4v) is 5.11. The zero-order chi connectivity index (χ0) is 26.3. The molecule has 2 aromatic carbocycles. The van der Waals surface area contributed by atoms with Crippen molar-refractivity contribution in [3.63, 3.8) is 0 Å². The molecule has 1 fully saturated rings. The lowest BCUT2D eigenvalue weighted by atomic mass is 10.0. The molecule has 0 spiro atoms. The SMILES string of the molecule is O=C(Nc1ccccn1)N[C@@H](C(=O)N1CCC[C@H]1C(=O)Nc1nc(-c2ccccc2)cs1)c1ccccc1. The number of benzene rings is 2. The summed E-state index contributed by atoms with van der Waals surface area (Å²) in [5.74, 6) is -0.287. The number of pyridine rings is 1.